The van der Waals surface area contributed by atoms with Gasteiger partial charge in [-0.1, -0.05) is 0 Å². The van der Waals surface area contributed by atoms with Crippen LogP contribution in [-0.4, -0.2) is 76.7 Å². The molecule has 1 aromatic rings. The Morgan fingerprint density at radius 2 is 1.68 bits per heavy atom. The molecule has 0 N–H and O–H groups in total. The number of ether oxygens (including phenoxy) is 1. The van der Waals surface area contributed by atoms with Crippen LogP contribution in [-0.2, 0) is 4.74 Å². The van der Waals surface area contributed by atoms with E-state index in [-0.39, 0.29) is 5.91 Å². The molecule has 0 bridgehead atoms. The van der Waals surface area contributed by atoms with E-state index in [9.17, 15) is 4.79 Å². The molecule has 0 spiro atoms. The zero-order valence-corrected chi connectivity index (χ0v) is 14.5. The van der Waals surface area contributed by atoms with Gasteiger partial charge >= 0.3 is 0 Å². The Morgan fingerprint density at radius 3 is 2.18 bits per heavy atom. The molecule has 1 rings (SSSR count). The smallest absolute Gasteiger partial charge is 0.253 e. The molecule has 0 saturated heterocycles. The third kappa shape index (κ3) is 5.66. The molecule has 0 saturated carbocycles. The molecule has 22 heavy (non-hydrogen) atoms. The molecule has 0 aliphatic rings. The Labute approximate surface area is 134 Å². The predicted molar refractivity (Wildman–Crippen MR) is 91.7 cm³/mol. The first kappa shape index (κ1) is 18.5. The highest BCUT2D eigenvalue weighted by Crippen LogP contribution is 2.15. The highest BCUT2D eigenvalue weighted by Gasteiger charge is 2.15. The first-order chi connectivity index (χ1) is 10.5. The van der Waals surface area contributed by atoms with Crippen molar-refractivity contribution in [3.05, 3.63) is 29.8 Å². The highest BCUT2D eigenvalue weighted by atomic mass is 16.5. The molecule has 0 heterocycles. The third-order valence-electron chi connectivity index (χ3n) is 3.70. The van der Waals surface area contributed by atoms with Crippen LogP contribution in [0.3, 0.4) is 0 Å². The second-order valence-electron chi connectivity index (χ2n) is 5.65. The Hall–Kier alpha value is -1.59. The van der Waals surface area contributed by atoms with E-state index in [1.807, 2.05) is 50.3 Å². The summed E-state index contributed by atoms with van der Waals surface area (Å²) in [7, 11) is 7.71. The number of methoxy groups -OCH3 is 1. The number of carbonyl (C=O) groups is 1. The maximum absolute atomic E-state index is 12.7. The fourth-order valence-corrected chi connectivity index (χ4v) is 2.06. The number of anilines is 1. The van der Waals surface area contributed by atoms with Crippen molar-refractivity contribution in [2.24, 2.45) is 0 Å². The molecule has 5 nitrogen and oxygen atoms in total. The lowest BCUT2D eigenvalue weighted by Crippen LogP contribution is -2.38. The largest absolute Gasteiger partial charge is 0.383 e. The maximum Gasteiger partial charge on any atom is 0.253 e. The Balaban J connectivity index is 2.78. The van der Waals surface area contributed by atoms with Gasteiger partial charge in [-0.3, -0.25) is 4.79 Å². The van der Waals surface area contributed by atoms with Gasteiger partial charge in [0.05, 0.1) is 6.61 Å². The summed E-state index contributed by atoms with van der Waals surface area (Å²) in [6.45, 7) is 5.75. The van der Waals surface area contributed by atoms with Crippen molar-refractivity contribution >= 4 is 11.6 Å². The number of hydrogen-bond donors (Lipinski definition) is 0. The number of benzene rings is 1. The molecular weight excluding hydrogens is 278 g/mol. The van der Waals surface area contributed by atoms with Crippen LogP contribution in [0.4, 0.5) is 5.69 Å². The number of amides is 1. The average Bonchev–Trinajstić information content (AvgIpc) is 2.53. The van der Waals surface area contributed by atoms with Gasteiger partial charge in [0.15, 0.2) is 0 Å². The molecule has 0 atom stereocenters. The van der Waals surface area contributed by atoms with E-state index in [2.05, 4.69) is 16.7 Å². The minimum Gasteiger partial charge on any atom is -0.383 e. The van der Waals surface area contributed by atoms with Crippen LogP contribution in [0.2, 0.25) is 0 Å². The van der Waals surface area contributed by atoms with Crippen molar-refractivity contribution in [2.75, 3.05) is 65.9 Å². The lowest BCUT2D eigenvalue weighted by Gasteiger charge is -2.24. The molecule has 124 valence electrons. The Kier molecular flexibility index (Phi) is 7.91. The van der Waals surface area contributed by atoms with Gasteiger partial charge in [-0.25, -0.2) is 0 Å². The summed E-state index contributed by atoms with van der Waals surface area (Å²) in [4.78, 5) is 18.7. The van der Waals surface area contributed by atoms with Gasteiger partial charge in [0.1, 0.15) is 0 Å². The molecule has 0 fully saturated rings. The van der Waals surface area contributed by atoms with E-state index >= 15 is 0 Å². The van der Waals surface area contributed by atoms with Crippen LogP contribution in [0, 0.1) is 0 Å². The van der Waals surface area contributed by atoms with Gasteiger partial charge in [0.2, 0.25) is 0 Å². The van der Waals surface area contributed by atoms with Crippen molar-refractivity contribution in [1.29, 1.82) is 0 Å². The zero-order valence-electron chi connectivity index (χ0n) is 14.5. The van der Waals surface area contributed by atoms with Gasteiger partial charge in [0.25, 0.3) is 5.91 Å². The standard InChI is InChI=1S/C17H29N3O2/c1-6-19(4)16-9-7-15(8-10-16)17(21)20(13-14-22-5)12-11-18(2)3/h7-10H,6,11-14H2,1-5H3. The third-order valence-corrected chi connectivity index (χ3v) is 3.70. The Bertz CT molecular complexity index is 446. The summed E-state index contributed by atoms with van der Waals surface area (Å²) in [5.41, 5.74) is 1.85. The highest BCUT2D eigenvalue weighted by molar-refractivity contribution is 5.94. The van der Waals surface area contributed by atoms with Crippen LogP contribution < -0.4 is 4.90 Å². The summed E-state index contributed by atoms with van der Waals surface area (Å²) in [5, 5.41) is 0. The summed E-state index contributed by atoms with van der Waals surface area (Å²) in [5.74, 6) is 0.0598. The van der Waals surface area contributed by atoms with E-state index in [0.717, 1.165) is 24.3 Å². The van der Waals surface area contributed by atoms with E-state index in [4.69, 9.17) is 4.74 Å². The van der Waals surface area contributed by atoms with E-state index in [0.29, 0.717) is 19.7 Å². The van der Waals surface area contributed by atoms with Crippen molar-refractivity contribution in [1.82, 2.24) is 9.80 Å². The van der Waals surface area contributed by atoms with Crippen molar-refractivity contribution in [3.63, 3.8) is 0 Å². The van der Waals surface area contributed by atoms with Crippen LogP contribution in [0.25, 0.3) is 0 Å². The molecule has 1 aromatic carbocycles. The topological polar surface area (TPSA) is 36.0 Å². The number of hydrogen-bond acceptors (Lipinski definition) is 4. The zero-order chi connectivity index (χ0) is 16.5. The minimum absolute atomic E-state index is 0.0598. The molecule has 5 heteroatoms. The fraction of sp³-hybridized carbons (Fsp3) is 0.588. The average molecular weight is 307 g/mol. The summed E-state index contributed by atoms with van der Waals surface area (Å²) in [6, 6.07) is 7.80. The minimum atomic E-state index is 0.0598. The molecule has 0 aliphatic carbocycles. The van der Waals surface area contributed by atoms with Crippen molar-refractivity contribution in [2.45, 2.75) is 6.92 Å². The first-order valence-electron chi connectivity index (χ1n) is 7.73. The quantitative estimate of drug-likeness (QED) is 0.697. The second kappa shape index (κ2) is 9.43. The monoisotopic (exact) mass is 307 g/mol. The number of likely N-dealkylation sites (N-methyl/N-ethyl adjacent to an activating group) is 1. The summed E-state index contributed by atoms with van der Waals surface area (Å²) in [6.07, 6.45) is 0. The normalized spacial score (nSPS) is 10.8. The number of nitrogens with zero attached hydrogens (tertiary/aromatic N) is 3. The van der Waals surface area contributed by atoms with Gasteiger partial charge in [0, 0.05) is 51.6 Å². The second-order valence-corrected chi connectivity index (χ2v) is 5.65. The number of carbonyl (C=O) groups excluding carboxylic acids is 1. The van der Waals surface area contributed by atoms with Crippen LogP contribution in [0.1, 0.15) is 17.3 Å². The van der Waals surface area contributed by atoms with E-state index in [1.54, 1.807) is 7.11 Å². The molecular formula is C17H29N3O2. The van der Waals surface area contributed by atoms with Crippen molar-refractivity contribution in [3.8, 4) is 0 Å². The van der Waals surface area contributed by atoms with Gasteiger partial charge in [-0.15, -0.1) is 0 Å². The van der Waals surface area contributed by atoms with Crippen molar-refractivity contribution < 1.29 is 9.53 Å². The van der Waals surface area contributed by atoms with E-state index < -0.39 is 0 Å². The lowest BCUT2D eigenvalue weighted by atomic mass is 10.1. The van der Waals surface area contributed by atoms with E-state index in [1.165, 1.54) is 0 Å². The predicted octanol–water partition coefficient (Wildman–Crippen LogP) is 1.79. The summed E-state index contributed by atoms with van der Waals surface area (Å²) < 4.78 is 5.12. The molecule has 0 unspecified atom stereocenters. The van der Waals surface area contributed by atoms with Gasteiger partial charge in [-0.05, 0) is 45.3 Å². The maximum atomic E-state index is 12.7. The van der Waals surface area contributed by atoms with Gasteiger partial charge < -0.3 is 19.4 Å². The lowest BCUT2D eigenvalue weighted by molar-refractivity contribution is 0.0683. The molecule has 0 radical (unpaired) electrons. The van der Waals surface area contributed by atoms with Gasteiger partial charge in [-0.2, -0.15) is 0 Å². The summed E-state index contributed by atoms with van der Waals surface area (Å²) >= 11 is 0. The number of rotatable bonds is 9. The first-order valence-corrected chi connectivity index (χ1v) is 7.73. The molecule has 0 aromatic heterocycles. The fourth-order valence-electron chi connectivity index (χ4n) is 2.06. The van der Waals surface area contributed by atoms with Crippen LogP contribution in [0.15, 0.2) is 24.3 Å². The SMILES string of the molecule is CCN(C)c1ccc(C(=O)N(CCOC)CCN(C)C)cc1. The van der Waals surface area contributed by atoms with Crippen LogP contribution >= 0.6 is 0 Å². The molecule has 0 aliphatic heterocycles. The Morgan fingerprint density at radius 1 is 1.05 bits per heavy atom. The molecule has 1 amide bonds. The van der Waals surface area contributed by atoms with Crippen LogP contribution in [0.5, 0.6) is 0 Å².